The van der Waals surface area contributed by atoms with Crippen molar-refractivity contribution in [2.75, 3.05) is 34.4 Å². The Morgan fingerprint density at radius 3 is 2.35 bits per heavy atom. The number of hydrogen-bond donors (Lipinski definition) is 2. The lowest BCUT2D eigenvalue weighted by Gasteiger charge is -2.51. The number of esters is 1. The minimum Gasteiger partial charge on any atom is -0.462 e. The SMILES string of the molecule is CCC(C)[C@H]1OC2(CC[C@@H]1C)CC1CC(C/C=C(\C)[C@@H](O[C@H]3C[C@H](OC)[C@@H](O[C@H]4C[C@H](OC)[C@H](N(C)CC)[C@H](C)O4)[C@H](C)O3)[C@@H](C)/C=C/C=C3\COC4[C@H](O)C(C)=C[C@@H](C(=O)O1)[C@]34O)O2. The monoisotopic (exact) mass is 916 g/mol. The van der Waals surface area contributed by atoms with Crippen LogP contribution in [0.25, 0.3) is 0 Å². The van der Waals surface area contributed by atoms with Crippen molar-refractivity contribution in [3.8, 4) is 0 Å². The van der Waals surface area contributed by atoms with E-state index in [0.29, 0.717) is 61.5 Å². The van der Waals surface area contributed by atoms with Crippen LogP contribution in [0.15, 0.2) is 47.1 Å². The number of methoxy groups -OCH3 is 2. The summed E-state index contributed by atoms with van der Waals surface area (Å²) in [7, 11) is 5.54. The van der Waals surface area contributed by atoms with E-state index in [4.69, 9.17) is 47.4 Å². The molecule has 0 saturated carbocycles. The molecule has 7 rings (SSSR count). The van der Waals surface area contributed by atoms with Crippen molar-refractivity contribution in [3.05, 3.63) is 47.1 Å². The highest BCUT2D eigenvalue weighted by molar-refractivity contribution is 5.78. The number of aliphatic hydroxyl groups is 2. The molecule has 6 heterocycles. The fraction of sp³-hybridized carbons (Fsp3) is 0.824. The van der Waals surface area contributed by atoms with E-state index in [9.17, 15) is 15.0 Å². The number of carbonyl (C=O) groups excluding carboxylic acids is 1. The van der Waals surface area contributed by atoms with Gasteiger partial charge in [-0.15, -0.1) is 0 Å². The van der Waals surface area contributed by atoms with Gasteiger partial charge in [0.25, 0.3) is 0 Å². The number of hydrogen-bond acceptors (Lipinski definition) is 14. The zero-order valence-electron chi connectivity index (χ0n) is 41.2. The van der Waals surface area contributed by atoms with Gasteiger partial charge >= 0.3 is 5.97 Å². The zero-order chi connectivity index (χ0) is 47.0. The average molecular weight is 916 g/mol. The third-order valence-electron chi connectivity index (χ3n) is 15.9. The minimum absolute atomic E-state index is 0.000345. The van der Waals surface area contributed by atoms with Gasteiger partial charge in [-0.1, -0.05) is 71.4 Å². The first-order valence-corrected chi connectivity index (χ1v) is 24.6. The van der Waals surface area contributed by atoms with Gasteiger partial charge in [0.2, 0.25) is 0 Å². The Morgan fingerprint density at radius 1 is 0.938 bits per heavy atom. The van der Waals surface area contributed by atoms with E-state index < -0.39 is 66.4 Å². The molecule has 0 aromatic carbocycles. The molecule has 5 fully saturated rings. The zero-order valence-corrected chi connectivity index (χ0v) is 41.2. The van der Waals surface area contributed by atoms with Crippen LogP contribution in [0.4, 0.5) is 0 Å². The van der Waals surface area contributed by atoms with Crippen LogP contribution in [0.5, 0.6) is 0 Å². The van der Waals surface area contributed by atoms with E-state index in [2.05, 4.69) is 66.5 Å². The number of carbonyl (C=O) groups is 1. The van der Waals surface area contributed by atoms with Crippen molar-refractivity contribution >= 4 is 5.97 Å². The van der Waals surface area contributed by atoms with Crippen molar-refractivity contribution in [2.45, 2.75) is 211 Å². The van der Waals surface area contributed by atoms with E-state index in [1.807, 2.05) is 19.1 Å². The lowest BCUT2D eigenvalue weighted by Crippen LogP contribution is -2.58. The second kappa shape index (κ2) is 21.3. The molecule has 14 heteroatoms. The molecule has 65 heavy (non-hydrogen) atoms. The fourth-order valence-corrected chi connectivity index (χ4v) is 11.8. The topological polar surface area (TPSA) is 153 Å². The third kappa shape index (κ3) is 10.6. The molecule has 5 saturated heterocycles. The number of ether oxygens (including phenoxy) is 10. The Hall–Kier alpha value is -2.05. The van der Waals surface area contributed by atoms with Gasteiger partial charge in [-0.3, -0.25) is 9.69 Å². The molecule has 0 aromatic heterocycles. The van der Waals surface area contributed by atoms with E-state index in [1.54, 1.807) is 33.3 Å². The molecule has 14 nitrogen and oxygen atoms in total. The Morgan fingerprint density at radius 2 is 1.65 bits per heavy atom. The van der Waals surface area contributed by atoms with Crippen LogP contribution in [0, 0.1) is 23.7 Å². The van der Waals surface area contributed by atoms with E-state index >= 15 is 0 Å². The highest BCUT2D eigenvalue weighted by atomic mass is 16.7. The largest absolute Gasteiger partial charge is 0.462 e. The molecule has 0 amide bonds. The van der Waals surface area contributed by atoms with Crippen LogP contribution in [-0.2, 0) is 52.2 Å². The highest BCUT2D eigenvalue weighted by Gasteiger charge is 2.60. The predicted molar refractivity (Wildman–Crippen MR) is 243 cm³/mol. The summed E-state index contributed by atoms with van der Waals surface area (Å²) >= 11 is 0. The first-order chi connectivity index (χ1) is 30.9. The average Bonchev–Trinajstić information content (AvgIpc) is 3.62. The van der Waals surface area contributed by atoms with Gasteiger partial charge in [0, 0.05) is 52.2 Å². The smallest absolute Gasteiger partial charge is 0.316 e. The van der Waals surface area contributed by atoms with Crippen molar-refractivity contribution in [1.29, 1.82) is 0 Å². The molecule has 368 valence electrons. The molecule has 20 atom stereocenters. The number of rotatable bonds is 10. The maximum absolute atomic E-state index is 14.4. The Labute approximate surface area is 388 Å². The summed E-state index contributed by atoms with van der Waals surface area (Å²) in [6, 6.07) is 0.112. The van der Waals surface area contributed by atoms with Crippen LogP contribution in [0.3, 0.4) is 0 Å². The summed E-state index contributed by atoms with van der Waals surface area (Å²) in [4.78, 5) is 16.7. The van der Waals surface area contributed by atoms with Gasteiger partial charge in [0.05, 0.1) is 55.4 Å². The summed E-state index contributed by atoms with van der Waals surface area (Å²) in [6.07, 6.45) is 8.79. The first-order valence-electron chi connectivity index (χ1n) is 24.6. The number of fused-ring (bicyclic) bond motifs is 2. The molecular formula is C51H81NO13. The Kier molecular flexibility index (Phi) is 16.7. The molecule has 2 bridgehead atoms. The van der Waals surface area contributed by atoms with Gasteiger partial charge in [-0.05, 0) is 82.7 Å². The van der Waals surface area contributed by atoms with Gasteiger partial charge in [0.1, 0.15) is 35.9 Å². The summed E-state index contributed by atoms with van der Waals surface area (Å²) in [5.41, 5.74) is 0.238. The number of allylic oxidation sites excluding steroid dienone is 2. The number of likely N-dealkylation sites (N-methyl/N-ethyl adjacent to an activating group) is 1. The quantitative estimate of drug-likeness (QED) is 0.180. The van der Waals surface area contributed by atoms with Crippen molar-refractivity contribution < 1.29 is 62.4 Å². The van der Waals surface area contributed by atoms with Gasteiger partial charge in [0.15, 0.2) is 18.4 Å². The normalized spacial score (nSPS) is 47.8. The van der Waals surface area contributed by atoms with Gasteiger partial charge in [-0.25, -0.2) is 0 Å². The predicted octanol–water partition coefficient (Wildman–Crippen LogP) is 6.56. The molecule has 7 aliphatic rings. The molecule has 2 N–H and O–H groups in total. The molecule has 0 radical (unpaired) electrons. The van der Waals surface area contributed by atoms with Crippen molar-refractivity contribution in [1.82, 2.24) is 4.90 Å². The van der Waals surface area contributed by atoms with E-state index in [-0.39, 0.29) is 55.2 Å². The summed E-state index contributed by atoms with van der Waals surface area (Å²) in [5, 5.41) is 23.8. The van der Waals surface area contributed by atoms with Gasteiger partial charge < -0.3 is 57.6 Å². The molecule has 0 aromatic rings. The van der Waals surface area contributed by atoms with Crippen molar-refractivity contribution in [2.24, 2.45) is 23.7 Å². The summed E-state index contributed by atoms with van der Waals surface area (Å²) in [5.74, 6) is -2.05. The van der Waals surface area contributed by atoms with Crippen LogP contribution >= 0.6 is 0 Å². The summed E-state index contributed by atoms with van der Waals surface area (Å²) in [6.45, 7) is 19.7. The first kappa shape index (κ1) is 50.8. The Balaban J connectivity index is 1.16. The third-order valence-corrected chi connectivity index (χ3v) is 15.9. The van der Waals surface area contributed by atoms with Crippen LogP contribution in [0.2, 0.25) is 0 Å². The molecule has 1 spiro atoms. The minimum atomic E-state index is -1.81. The molecule has 5 unspecified atom stereocenters. The Bertz CT molecular complexity index is 1750. The van der Waals surface area contributed by atoms with E-state index in [0.717, 1.165) is 25.0 Å². The summed E-state index contributed by atoms with van der Waals surface area (Å²) < 4.78 is 65.3. The lowest BCUT2D eigenvalue weighted by molar-refractivity contribution is -0.340. The number of aliphatic hydroxyl groups excluding tert-OH is 1. The molecule has 1 aliphatic carbocycles. The second-order valence-corrected chi connectivity index (χ2v) is 20.4. The molecular weight excluding hydrogens is 835 g/mol. The van der Waals surface area contributed by atoms with Crippen LogP contribution < -0.4 is 0 Å². The highest BCUT2D eigenvalue weighted by Crippen LogP contribution is 2.48. The van der Waals surface area contributed by atoms with Crippen LogP contribution in [0.1, 0.15) is 114 Å². The maximum Gasteiger partial charge on any atom is 0.316 e. The molecule has 6 aliphatic heterocycles. The standard InChI is InChI=1S/C51H81NO13/c1-13-28(3)46-31(6)20-21-50(65-46)26-37-23-36(64-50)19-18-30(5)45(29(4)16-15-17-35-27-58-48-44(53)32(7)22-38(49(54)61-37)51(35,48)55)62-42-25-40(57-12)47(34(9)60-42)63-41-24-39(56-11)43(33(8)59-41)52(10)14-2/h15-18,22,28-29,31,33-34,36-48,53,55H,13-14,19-21,23-27H2,1-12H3/b16-15+,30-18+,35-17+/t28?,29-,31-,33-,34-,36?,37?,38-,39-,40-,41-,42-,43+,44+,45-,46+,47-,48?,50?,51+/m0/s1. The second-order valence-electron chi connectivity index (χ2n) is 20.4. The van der Waals surface area contributed by atoms with Crippen molar-refractivity contribution in [3.63, 3.8) is 0 Å². The fourth-order valence-electron chi connectivity index (χ4n) is 11.8. The van der Waals surface area contributed by atoms with Crippen LogP contribution in [-0.4, -0.2) is 153 Å². The lowest BCUT2D eigenvalue weighted by atomic mass is 9.71. The number of nitrogens with zero attached hydrogens (tertiary/aromatic N) is 1. The maximum atomic E-state index is 14.4. The van der Waals surface area contributed by atoms with Gasteiger partial charge in [-0.2, -0.15) is 0 Å². The van der Waals surface area contributed by atoms with E-state index in [1.165, 1.54) is 0 Å².